The van der Waals surface area contributed by atoms with Crippen molar-refractivity contribution in [1.82, 2.24) is 14.5 Å². The Balaban J connectivity index is 1.63. The fraction of sp³-hybridized carbons (Fsp3) is 0.500. The number of rotatable bonds is 3. The van der Waals surface area contributed by atoms with Crippen molar-refractivity contribution in [2.45, 2.75) is 30.7 Å². The Labute approximate surface area is 141 Å². The number of nitrogens with zero attached hydrogens (tertiary/aromatic N) is 2. The fourth-order valence-corrected chi connectivity index (χ4v) is 4.45. The molecule has 0 bridgehead atoms. The summed E-state index contributed by atoms with van der Waals surface area (Å²) in [5.74, 6) is -0.220. The summed E-state index contributed by atoms with van der Waals surface area (Å²) < 4.78 is 26.7. The lowest BCUT2D eigenvalue weighted by Gasteiger charge is -2.35. The molecule has 0 saturated carbocycles. The van der Waals surface area contributed by atoms with Gasteiger partial charge in [-0.2, -0.15) is 4.31 Å². The van der Waals surface area contributed by atoms with Crippen LogP contribution in [0.5, 0.6) is 0 Å². The summed E-state index contributed by atoms with van der Waals surface area (Å²) in [5.41, 5.74) is 1.00. The normalized spacial score (nSPS) is 22.5. The molecule has 3 rings (SSSR count). The molecule has 1 N–H and O–H groups in total. The van der Waals surface area contributed by atoms with Gasteiger partial charge >= 0.3 is 0 Å². The van der Waals surface area contributed by atoms with Gasteiger partial charge in [0.1, 0.15) is 6.04 Å². The van der Waals surface area contributed by atoms with E-state index in [4.69, 9.17) is 0 Å². The van der Waals surface area contributed by atoms with Crippen molar-refractivity contribution in [3.63, 3.8) is 0 Å². The topological polar surface area (TPSA) is 86.8 Å². The second kappa shape index (κ2) is 6.52. The SMILES string of the molecule is Cc1ccc(S(=O)(=O)N2CCN(C(=O)[C@H]3CCC(=O)N3)CC2)cc1. The minimum atomic E-state index is -3.53. The van der Waals surface area contributed by atoms with Gasteiger partial charge in [0.2, 0.25) is 21.8 Å². The first-order valence-corrected chi connectivity index (χ1v) is 9.47. The lowest BCUT2D eigenvalue weighted by molar-refractivity contribution is -0.135. The number of sulfonamides is 1. The van der Waals surface area contributed by atoms with Crippen LogP contribution in [0.15, 0.2) is 29.2 Å². The molecule has 2 amide bonds. The summed E-state index contributed by atoms with van der Waals surface area (Å²) in [6.07, 6.45) is 0.887. The van der Waals surface area contributed by atoms with Gasteiger partial charge in [0.25, 0.3) is 0 Å². The molecule has 2 fully saturated rings. The average Bonchev–Trinajstić information content (AvgIpc) is 3.01. The van der Waals surface area contributed by atoms with Gasteiger partial charge in [-0.25, -0.2) is 8.42 Å². The van der Waals surface area contributed by atoms with E-state index in [9.17, 15) is 18.0 Å². The largest absolute Gasteiger partial charge is 0.344 e. The number of amides is 2. The minimum Gasteiger partial charge on any atom is -0.344 e. The molecule has 1 aromatic rings. The van der Waals surface area contributed by atoms with Crippen molar-refractivity contribution in [1.29, 1.82) is 0 Å². The molecule has 2 aliphatic heterocycles. The van der Waals surface area contributed by atoms with Gasteiger partial charge in [-0.05, 0) is 25.5 Å². The van der Waals surface area contributed by atoms with Crippen LogP contribution in [0.25, 0.3) is 0 Å². The third kappa shape index (κ3) is 3.29. The molecule has 1 atom stereocenters. The standard InChI is InChI=1S/C16H21N3O4S/c1-12-2-4-13(5-3-12)24(22,23)19-10-8-18(9-11-19)16(21)14-6-7-15(20)17-14/h2-5,14H,6-11H2,1H3,(H,17,20)/t14-/m1/s1. The van der Waals surface area contributed by atoms with Crippen LogP contribution in [-0.4, -0.2) is 61.7 Å². The number of hydrogen-bond acceptors (Lipinski definition) is 4. The second-order valence-electron chi connectivity index (χ2n) is 6.20. The highest BCUT2D eigenvalue weighted by atomic mass is 32.2. The minimum absolute atomic E-state index is 0.103. The van der Waals surface area contributed by atoms with E-state index in [1.807, 2.05) is 6.92 Å². The second-order valence-corrected chi connectivity index (χ2v) is 8.14. The zero-order chi connectivity index (χ0) is 17.3. The lowest BCUT2D eigenvalue weighted by atomic mass is 10.2. The maximum absolute atomic E-state index is 12.6. The molecule has 1 aromatic carbocycles. The number of aryl methyl sites for hydroxylation is 1. The molecule has 0 radical (unpaired) electrons. The van der Waals surface area contributed by atoms with Crippen molar-refractivity contribution in [2.24, 2.45) is 0 Å². The Kier molecular flexibility index (Phi) is 4.60. The van der Waals surface area contributed by atoms with Gasteiger partial charge < -0.3 is 10.2 Å². The lowest BCUT2D eigenvalue weighted by Crippen LogP contribution is -2.54. The van der Waals surface area contributed by atoms with E-state index in [1.165, 1.54) is 4.31 Å². The number of hydrogen-bond donors (Lipinski definition) is 1. The molecule has 8 heteroatoms. The van der Waals surface area contributed by atoms with Gasteiger partial charge in [0.15, 0.2) is 0 Å². The number of carbonyl (C=O) groups is 2. The quantitative estimate of drug-likeness (QED) is 0.837. The maximum atomic E-state index is 12.6. The smallest absolute Gasteiger partial charge is 0.245 e. The molecule has 2 saturated heterocycles. The van der Waals surface area contributed by atoms with Crippen molar-refractivity contribution in [3.05, 3.63) is 29.8 Å². The zero-order valence-electron chi connectivity index (χ0n) is 13.6. The maximum Gasteiger partial charge on any atom is 0.245 e. The van der Waals surface area contributed by atoms with Gasteiger partial charge in [0.05, 0.1) is 4.90 Å². The molecule has 7 nitrogen and oxygen atoms in total. The monoisotopic (exact) mass is 351 g/mol. The number of benzene rings is 1. The third-order valence-electron chi connectivity index (χ3n) is 4.50. The van der Waals surface area contributed by atoms with Crippen LogP contribution in [0.2, 0.25) is 0 Å². The molecule has 2 heterocycles. The highest BCUT2D eigenvalue weighted by Gasteiger charge is 2.34. The summed E-state index contributed by atoms with van der Waals surface area (Å²) in [7, 11) is -3.53. The van der Waals surface area contributed by atoms with Gasteiger partial charge in [-0.1, -0.05) is 17.7 Å². The van der Waals surface area contributed by atoms with Crippen LogP contribution in [0.3, 0.4) is 0 Å². The molecule has 2 aliphatic rings. The molecule has 130 valence electrons. The van der Waals surface area contributed by atoms with Crippen LogP contribution < -0.4 is 5.32 Å². The van der Waals surface area contributed by atoms with E-state index >= 15 is 0 Å². The first-order valence-electron chi connectivity index (χ1n) is 8.03. The van der Waals surface area contributed by atoms with E-state index in [-0.39, 0.29) is 29.8 Å². The highest BCUT2D eigenvalue weighted by molar-refractivity contribution is 7.89. The van der Waals surface area contributed by atoms with Crippen LogP contribution >= 0.6 is 0 Å². The first kappa shape index (κ1) is 16.9. The zero-order valence-corrected chi connectivity index (χ0v) is 14.4. The summed E-state index contributed by atoms with van der Waals surface area (Å²) in [5, 5.41) is 2.66. The predicted octanol–water partition coefficient (Wildman–Crippen LogP) is 0.107. The molecule has 24 heavy (non-hydrogen) atoms. The average molecular weight is 351 g/mol. The summed E-state index contributed by atoms with van der Waals surface area (Å²) >= 11 is 0. The Morgan fingerprint density at radius 2 is 1.75 bits per heavy atom. The summed E-state index contributed by atoms with van der Waals surface area (Å²) in [6, 6.07) is 6.30. The van der Waals surface area contributed by atoms with Gasteiger partial charge in [-0.3, -0.25) is 9.59 Å². The fourth-order valence-electron chi connectivity index (χ4n) is 3.03. The summed E-state index contributed by atoms with van der Waals surface area (Å²) in [4.78, 5) is 25.5. The number of nitrogens with one attached hydrogen (secondary N) is 1. The van der Waals surface area contributed by atoms with E-state index in [2.05, 4.69) is 5.32 Å². The Morgan fingerprint density at radius 1 is 1.12 bits per heavy atom. The molecule has 0 unspecified atom stereocenters. The Hall–Kier alpha value is -1.93. The Bertz CT molecular complexity index is 737. The Morgan fingerprint density at radius 3 is 2.29 bits per heavy atom. The number of piperazine rings is 1. The third-order valence-corrected chi connectivity index (χ3v) is 6.42. The predicted molar refractivity (Wildman–Crippen MR) is 87.7 cm³/mol. The van der Waals surface area contributed by atoms with Gasteiger partial charge in [-0.15, -0.1) is 0 Å². The van der Waals surface area contributed by atoms with Crippen molar-refractivity contribution in [3.8, 4) is 0 Å². The van der Waals surface area contributed by atoms with E-state index in [0.717, 1.165) is 5.56 Å². The molecule has 0 aliphatic carbocycles. The van der Waals surface area contributed by atoms with Crippen molar-refractivity contribution in [2.75, 3.05) is 26.2 Å². The van der Waals surface area contributed by atoms with Crippen LogP contribution in [0, 0.1) is 6.92 Å². The van der Waals surface area contributed by atoms with Crippen molar-refractivity contribution >= 4 is 21.8 Å². The van der Waals surface area contributed by atoms with E-state index in [1.54, 1.807) is 29.2 Å². The van der Waals surface area contributed by atoms with Crippen LogP contribution in [0.1, 0.15) is 18.4 Å². The van der Waals surface area contributed by atoms with Crippen LogP contribution in [-0.2, 0) is 19.6 Å². The molecular formula is C16H21N3O4S. The summed E-state index contributed by atoms with van der Waals surface area (Å²) in [6.45, 7) is 3.13. The number of carbonyl (C=O) groups excluding carboxylic acids is 2. The first-order chi connectivity index (χ1) is 11.4. The van der Waals surface area contributed by atoms with Crippen molar-refractivity contribution < 1.29 is 18.0 Å². The molecule has 0 aromatic heterocycles. The molecule has 0 spiro atoms. The van der Waals surface area contributed by atoms with E-state index in [0.29, 0.717) is 25.9 Å². The van der Waals surface area contributed by atoms with Gasteiger partial charge in [0, 0.05) is 32.6 Å². The van der Waals surface area contributed by atoms with E-state index < -0.39 is 16.1 Å². The molecular weight excluding hydrogens is 330 g/mol. The highest BCUT2D eigenvalue weighted by Crippen LogP contribution is 2.19. The van der Waals surface area contributed by atoms with Crippen LogP contribution in [0.4, 0.5) is 0 Å².